The van der Waals surface area contributed by atoms with Crippen molar-refractivity contribution < 1.29 is 19.7 Å². The molecular weight excluding hydrogens is 482 g/mol. The number of ether oxygens (including phenoxy) is 1. The van der Waals surface area contributed by atoms with Crippen LogP contribution in [-0.4, -0.2) is 54.2 Å². The third-order valence-corrected chi connectivity index (χ3v) is 7.72. The van der Waals surface area contributed by atoms with Crippen LogP contribution in [0.2, 0.25) is 0 Å². The van der Waals surface area contributed by atoms with Crippen molar-refractivity contribution in [3.8, 4) is 11.6 Å². The number of carboxylic acids is 1. The second-order valence-electron chi connectivity index (χ2n) is 10.7. The summed E-state index contributed by atoms with van der Waals surface area (Å²) in [4.78, 5) is 19.1. The van der Waals surface area contributed by atoms with E-state index < -0.39 is 17.3 Å². The predicted molar refractivity (Wildman–Crippen MR) is 143 cm³/mol. The zero-order chi connectivity index (χ0) is 27.2. The van der Waals surface area contributed by atoms with Crippen LogP contribution in [0.1, 0.15) is 53.3 Å². The molecule has 0 amide bonds. The number of hydrogen-bond acceptors (Lipinski definition) is 7. The topological polar surface area (TPSA) is 114 Å². The van der Waals surface area contributed by atoms with Gasteiger partial charge in [0, 0.05) is 38.7 Å². The van der Waals surface area contributed by atoms with Crippen molar-refractivity contribution in [1.82, 2.24) is 24.9 Å². The average Bonchev–Trinajstić information content (AvgIpc) is 3.13. The first-order valence-corrected chi connectivity index (χ1v) is 12.7. The molecule has 9 heteroatoms. The first-order valence-electron chi connectivity index (χ1n) is 12.7. The molecule has 2 aromatic carbocycles. The van der Waals surface area contributed by atoms with E-state index in [0.717, 1.165) is 38.9 Å². The lowest BCUT2D eigenvalue weighted by Crippen LogP contribution is -2.33. The van der Waals surface area contributed by atoms with Gasteiger partial charge in [-0.05, 0) is 67.6 Å². The monoisotopic (exact) mass is 515 g/mol. The molecule has 38 heavy (non-hydrogen) atoms. The van der Waals surface area contributed by atoms with Crippen LogP contribution < -0.4 is 4.74 Å². The van der Waals surface area contributed by atoms with E-state index >= 15 is 0 Å². The van der Waals surface area contributed by atoms with Crippen molar-refractivity contribution in [2.45, 2.75) is 46.7 Å². The first-order chi connectivity index (χ1) is 18.1. The zero-order valence-corrected chi connectivity index (χ0v) is 22.4. The molecule has 198 valence electrons. The number of aromatic nitrogens is 4. The minimum absolute atomic E-state index is 0.0263. The van der Waals surface area contributed by atoms with Crippen LogP contribution >= 0.6 is 0 Å². The van der Waals surface area contributed by atoms with Crippen LogP contribution in [0.15, 0.2) is 42.5 Å². The zero-order valence-electron chi connectivity index (χ0n) is 22.4. The van der Waals surface area contributed by atoms with Gasteiger partial charge in [-0.3, -0.25) is 9.69 Å². The maximum Gasteiger partial charge on any atom is 0.310 e. The van der Waals surface area contributed by atoms with Crippen LogP contribution in [-0.2, 0) is 24.9 Å². The van der Waals surface area contributed by atoms with E-state index in [1.165, 1.54) is 6.07 Å². The maximum absolute atomic E-state index is 12.6. The molecule has 0 radical (unpaired) electrons. The molecule has 3 heterocycles. The van der Waals surface area contributed by atoms with Crippen molar-refractivity contribution in [1.29, 1.82) is 0 Å². The van der Waals surface area contributed by atoms with Crippen molar-refractivity contribution in [2.75, 3.05) is 13.2 Å². The summed E-state index contributed by atoms with van der Waals surface area (Å²) in [6, 6.07) is 13.5. The number of fused-ring (bicyclic) bond motifs is 2. The highest BCUT2D eigenvalue weighted by molar-refractivity contribution is 5.81. The summed E-state index contributed by atoms with van der Waals surface area (Å²) in [6.07, 6.45) is 0. The van der Waals surface area contributed by atoms with E-state index in [1.54, 1.807) is 24.6 Å². The fraction of sp³-hybridized carbons (Fsp3) is 0.379. The molecule has 0 saturated carbocycles. The van der Waals surface area contributed by atoms with Crippen LogP contribution in [0.5, 0.6) is 11.6 Å². The number of benzene rings is 2. The molecule has 0 unspecified atom stereocenters. The summed E-state index contributed by atoms with van der Waals surface area (Å²) < 4.78 is 7.58. The lowest BCUT2D eigenvalue weighted by molar-refractivity contribution is -0.147. The number of rotatable bonds is 6. The Balaban J connectivity index is 1.55. The molecular formula is C29H33N5O4. The van der Waals surface area contributed by atoms with Crippen LogP contribution in [0, 0.1) is 19.3 Å². The number of pyridine rings is 1. The van der Waals surface area contributed by atoms with Gasteiger partial charge in [-0.1, -0.05) is 29.5 Å². The average molecular weight is 516 g/mol. The van der Waals surface area contributed by atoms with Gasteiger partial charge in [0.25, 0.3) is 0 Å². The molecule has 2 N–H and O–H groups in total. The number of aromatic hydroxyl groups is 1. The van der Waals surface area contributed by atoms with E-state index in [-0.39, 0.29) is 5.88 Å². The number of hydrogen-bond donors (Lipinski definition) is 2. The van der Waals surface area contributed by atoms with Gasteiger partial charge in [-0.15, -0.1) is 5.10 Å². The Bertz CT molecular complexity index is 1530. The smallest absolute Gasteiger partial charge is 0.310 e. The molecule has 1 aliphatic rings. The van der Waals surface area contributed by atoms with Crippen LogP contribution in [0.3, 0.4) is 0 Å². The minimum Gasteiger partial charge on any atom is -0.493 e. The summed E-state index contributed by atoms with van der Waals surface area (Å²) in [5, 5.41) is 28.7. The molecule has 0 spiro atoms. The highest BCUT2D eigenvalue weighted by Gasteiger charge is 2.40. The second kappa shape index (κ2) is 9.72. The Morgan fingerprint density at radius 2 is 1.95 bits per heavy atom. The molecule has 0 fully saturated rings. The van der Waals surface area contributed by atoms with Crippen molar-refractivity contribution in [3.05, 3.63) is 76.0 Å². The SMILES string of the molecule is Cc1ccc([C@@H](c2ccc3c(nnn3C)c2C)C(C)(C)C(=O)O)cc1CN1CCOc2ccc(O)nc2C1. The van der Waals surface area contributed by atoms with Crippen molar-refractivity contribution in [2.24, 2.45) is 12.5 Å². The van der Waals surface area contributed by atoms with Gasteiger partial charge < -0.3 is 14.9 Å². The maximum atomic E-state index is 12.6. The number of aryl methyl sites for hydroxylation is 3. The Labute approximate surface area is 221 Å². The first kappa shape index (κ1) is 25.7. The quantitative estimate of drug-likeness (QED) is 0.390. The molecule has 0 aliphatic carbocycles. The largest absolute Gasteiger partial charge is 0.493 e. The van der Waals surface area contributed by atoms with E-state index in [4.69, 9.17) is 4.74 Å². The number of carboxylic acid groups (broad SMARTS) is 1. The highest BCUT2D eigenvalue weighted by Crippen LogP contribution is 2.44. The van der Waals surface area contributed by atoms with E-state index in [1.807, 2.05) is 32.2 Å². The van der Waals surface area contributed by atoms with Gasteiger partial charge >= 0.3 is 5.97 Å². The minimum atomic E-state index is -1.08. The van der Waals surface area contributed by atoms with Crippen LogP contribution in [0.25, 0.3) is 11.0 Å². The Morgan fingerprint density at radius 3 is 2.71 bits per heavy atom. The highest BCUT2D eigenvalue weighted by atomic mass is 16.5. The summed E-state index contributed by atoms with van der Waals surface area (Å²) in [5.41, 5.74) is 6.34. The van der Waals surface area contributed by atoms with Gasteiger partial charge in [0.05, 0.1) is 10.9 Å². The molecule has 1 aliphatic heterocycles. The van der Waals surface area contributed by atoms with Crippen molar-refractivity contribution in [3.63, 3.8) is 0 Å². The second-order valence-corrected chi connectivity index (χ2v) is 10.7. The van der Waals surface area contributed by atoms with Crippen LogP contribution in [0.4, 0.5) is 0 Å². The summed E-state index contributed by atoms with van der Waals surface area (Å²) in [7, 11) is 1.85. The van der Waals surface area contributed by atoms with Gasteiger partial charge in [-0.25, -0.2) is 9.67 Å². The number of aliphatic carboxylic acids is 1. The molecule has 1 atom stereocenters. The third-order valence-electron chi connectivity index (χ3n) is 7.72. The van der Waals surface area contributed by atoms with Crippen molar-refractivity contribution >= 4 is 17.0 Å². The number of carbonyl (C=O) groups is 1. The van der Waals surface area contributed by atoms with Gasteiger partial charge in [0.15, 0.2) is 0 Å². The lowest BCUT2D eigenvalue weighted by Gasteiger charge is -2.33. The van der Waals surface area contributed by atoms with E-state index in [2.05, 4.69) is 39.3 Å². The Hall–Kier alpha value is -3.98. The summed E-state index contributed by atoms with van der Waals surface area (Å²) in [5.74, 6) is -0.608. The van der Waals surface area contributed by atoms with Gasteiger partial charge in [0.1, 0.15) is 23.6 Å². The van der Waals surface area contributed by atoms with Gasteiger partial charge in [0.2, 0.25) is 5.88 Å². The molecule has 4 aromatic rings. The predicted octanol–water partition coefficient (Wildman–Crippen LogP) is 4.32. The Morgan fingerprint density at radius 1 is 1.16 bits per heavy atom. The molecule has 9 nitrogen and oxygen atoms in total. The van der Waals surface area contributed by atoms with E-state index in [0.29, 0.717) is 37.7 Å². The molecule has 5 rings (SSSR count). The third kappa shape index (κ3) is 4.58. The normalized spacial score (nSPS) is 15.1. The molecule has 0 bridgehead atoms. The molecule has 0 saturated heterocycles. The molecule has 2 aromatic heterocycles. The standard InChI is InChI=1S/C29H33N5O4/c1-17-6-7-19(14-20(17)15-34-12-13-38-24-10-11-25(35)30-22(24)16-34)26(29(3,4)28(36)37)21-8-9-23-27(18(21)2)31-32-33(23)5/h6-11,14,26H,12-13,15-16H2,1-5H3,(H,30,35)(H,36,37)/t26-/m0/s1. The lowest BCUT2D eigenvalue weighted by atomic mass is 9.69. The summed E-state index contributed by atoms with van der Waals surface area (Å²) >= 11 is 0. The Kier molecular flexibility index (Phi) is 6.56. The number of nitrogens with zero attached hydrogens (tertiary/aromatic N) is 5. The van der Waals surface area contributed by atoms with Gasteiger partial charge in [-0.2, -0.15) is 0 Å². The van der Waals surface area contributed by atoms with E-state index in [9.17, 15) is 15.0 Å². The fourth-order valence-corrected chi connectivity index (χ4v) is 5.38. The summed E-state index contributed by atoms with van der Waals surface area (Å²) in [6.45, 7) is 10.0. The fourth-order valence-electron chi connectivity index (χ4n) is 5.38.